The van der Waals surface area contributed by atoms with Crippen LogP contribution < -0.4 is 5.32 Å². The second-order valence-corrected chi connectivity index (χ2v) is 4.81. The molecule has 15 heavy (non-hydrogen) atoms. The average molecular weight is 204 g/mol. The van der Waals surface area contributed by atoms with Crippen LogP contribution in [0.1, 0.15) is 38.2 Å². The lowest BCUT2D eigenvalue weighted by Crippen LogP contribution is -2.40. The first-order chi connectivity index (χ1) is 7.29. The molecule has 0 atom stereocenters. The van der Waals surface area contributed by atoms with Crippen LogP contribution in [0.2, 0.25) is 0 Å². The summed E-state index contributed by atoms with van der Waals surface area (Å²) in [7, 11) is 0. The van der Waals surface area contributed by atoms with E-state index in [1.54, 1.807) is 0 Å². The molecule has 0 saturated heterocycles. The average Bonchev–Trinajstić information content (AvgIpc) is 2.67. The monoisotopic (exact) mass is 204 g/mol. The topological polar surface area (TPSA) is 24.9 Å². The van der Waals surface area contributed by atoms with Gasteiger partial charge < -0.3 is 5.32 Å². The number of hydrogen-bond donors (Lipinski definition) is 1. The molecule has 0 unspecified atom stereocenters. The molecule has 1 aromatic rings. The van der Waals surface area contributed by atoms with Gasteiger partial charge in [0.05, 0.1) is 0 Å². The molecule has 0 aromatic carbocycles. The maximum absolute atomic E-state index is 4.12. The quantitative estimate of drug-likeness (QED) is 0.815. The maximum Gasteiger partial charge on any atom is 0.0300 e. The third kappa shape index (κ3) is 3.03. The molecule has 2 nitrogen and oxygen atoms in total. The summed E-state index contributed by atoms with van der Waals surface area (Å²) in [5.41, 5.74) is 1.73. The van der Waals surface area contributed by atoms with Gasteiger partial charge in [-0.05, 0) is 44.4 Å². The van der Waals surface area contributed by atoms with E-state index >= 15 is 0 Å². The lowest BCUT2D eigenvalue weighted by atomic mass is 10.0. The van der Waals surface area contributed by atoms with Crippen molar-refractivity contribution in [3.8, 4) is 0 Å². The number of rotatable bonds is 4. The van der Waals surface area contributed by atoms with Crippen LogP contribution in [0, 0.1) is 0 Å². The SMILES string of the molecule is CC1(NCCc2cccnc2)CCCC1. The van der Waals surface area contributed by atoms with Gasteiger partial charge in [0, 0.05) is 17.9 Å². The van der Waals surface area contributed by atoms with E-state index in [2.05, 4.69) is 23.3 Å². The third-order valence-electron chi connectivity index (χ3n) is 3.40. The van der Waals surface area contributed by atoms with Crippen LogP contribution in [-0.4, -0.2) is 17.1 Å². The van der Waals surface area contributed by atoms with Crippen LogP contribution in [0.4, 0.5) is 0 Å². The minimum atomic E-state index is 0.405. The third-order valence-corrected chi connectivity index (χ3v) is 3.40. The van der Waals surface area contributed by atoms with Crippen molar-refractivity contribution in [1.82, 2.24) is 10.3 Å². The van der Waals surface area contributed by atoms with E-state index in [0.29, 0.717) is 5.54 Å². The van der Waals surface area contributed by atoms with Gasteiger partial charge in [-0.1, -0.05) is 18.9 Å². The van der Waals surface area contributed by atoms with Crippen LogP contribution in [0.15, 0.2) is 24.5 Å². The minimum absolute atomic E-state index is 0.405. The molecule has 1 aromatic heterocycles. The van der Waals surface area contributed by atoms with E-state index in [4.69, 9.17) is 0 Å². The van der Waals surface area contributed by atoms with Gasteiger partial charge in [-0.15, -0.1) is 0 Å². The second kappa shape index (κ2) is 4.75. The van der Waals surface area contributed by atoms with Gasteiger partial charge in [-0.3, -0.25) is 4.98 Å². The van der Waals surface area contributed by atoms with Crippen LogP contribution >= 0.6 is 0 Å². The molecule has 1 saturated carbocycles. The van der Waals surface area contributed by atoms with E-state index in [1.807, 2.05) is 18.5 Å². The Morgan fingerprint density at radius 2 is 2.20 bits per heavy atom. The maximum atomic E-state index is 4.12. The molecule has 0 spiro atoms. The first-order valence-electron chi connectivity index (χ1n) is 5.92. The first-order valence-corrected chi connectivity index (χ1v) is 5.92. The van der Waals surface area contributed by atoms with Crippen molar-refractivity contribution < 1.29 is 0 Å². The molecule has 0 aliphatic heterocycles. The first kappa shape index (κ1) is 10.6. The summed E-state index contributed by atoms with van der Waals surface area (Å²) in [6.07, 6.45) is 10.3. The molecule has 2 heteroatoms. The molecule has 0 bridgehead atoms. The predicted molar refractivity (Wildman–Crippen MR) is 62.8 cm³/mol. The van der Waals surface area contributed by atoms with Crippen molar-refractivity contribution in [2.24, 2.45) is 0 Å². The Morgan fingerprint density at radius 1 is 1.40 bits per heavy atom. The van der Waals surface area contributed by atoms with Crippen molar-refractivity contribution in [2.45, 2.75) is 44.6 Å². The Hall–Kier alpha value is -0.890. The van der Waals surface area contributed by atoms with Crippen LogP contribution in [-0.2, 0) is 6.42 Å². The van der Waals surface area contributed by atoms with Gasteiger partial charge in [0.2, 0.25) is 0 Å². The van der Waals surface area contributed by atoms with Crippen molar-refractivity contribution in [3.05, 3.63) is 30.1 Å². The summed E-state index contributed by atoms with van der Waals surface area (Å²) in [6.45, 7) is 3.42. The Morgan fingerprint density at radius 3 is 2.87 bits per heavy atom. The summed E-state index contributed by atoms with van der Waals surface area (Å²) in [4.78, 5) is 4.12. The summed E-state index contributed by atoms with van der Waals surface area (Å²) < 4.78 is 0. The molecule has 0 amide bonds. The van der Waals surface area contributed by atoms with Crippen LogP contribution in [0.3, 0.4) is 0 Å². The number of aromatic nitrogens is 1. The second-order valence-electron chi connectivity index (χ2n) is 4.81. The zero-order valence-corrected chi connectivity index (χ0v) is 9.50. The van der Waals surface area contributed by atoms with E-state index in [1.165, 1.54) is 31.2 Å². The largest absolute Gasteiger partial charge is 0.311 e. The van der Waals surface area contributed by atoms with Gasteiger partial charge in [0.15, 0.2) is 0 Å². The molecule has 1 aliphatic rings. The molecule has 82 valence electrons. The van der Waals surface area contributed by atoms with Gasteiger partial charge in [0.1, 0.15) is 0 Å². The fraction of sp³-hybridized carbons (Fsp3) is 0.615. The molecule has 2 rings (SSSR count). The van der Waals surface area contributed by atoms with E-state index in [0.717, 1.165) is 13.0 Å². The van der Waals surface area contributed by atoms with Crippen LogP contribution in [0.5, 0.6) is 0 Å². The fourth-order valence-electron chi connectivity index (χ4n) is 2.39. The molecule has 1 fully saturated rings. The highest BCUT2D eigenvalue weighted by Gasteiger charge is 2.27. The normalized spacial score (nSPS) is 19.3. The summed E-state index contributed by atoms with van der Waals surface area (Å²) in [6, 6.07) is 4.15. The molecule has 1 aliphatic carbocycles. The summed E-state index contributed by atoms with van der Waals surface area (Å²) >= 11 is 0. The molecule has 1 N–H and O–H groups in total. The Bertz CT molecular complexity index is 289. The van der Waals surface area contributed by atoms with Crippen LogP contribution in [0.25, 0.3) is 0 Å². The lowest BCUT2D eigenvalue weighted by Gasteiger charge is -2.25. The molecule has 0 radical (unpaired) electrons. The highest BCUT2D eigenvalue weighted by molar-refractivity contribution is 5.08. The Balaban J connectivity index is 1.75. The van der Waals surface area contributed by atoms with Gasteiger partial charge >= 0.3 is 0 Å². The van der Waals surface area contributed by atoms with Crippen molar-refractivity contribution in [1.29, 1.82) is 0 Å². The van der Waals surface area contributed by atoms with Crippen molar-refractivity contribution >= 4 is 0 Å². The van der Waals surface area contributed by atoms with E-state index in [9.17, 15) is 0 Å². The fourth-order valence-corrected chi connectivity index (χ4v) is 2.39. The zero-order valence-electron chi connectivity index (χ0n) is 9.50. The minimum Gasteiger partial charge on any atom is -0.311 e. The number of nitrogens with zero attached hydrogens (tertiary/aromatic N) is 1. The molecular formula is C13H20N2. The Kier molecular flexibility index (Phi) is 3.37. The standard InChI is InChI=1S/C13H20N2/c1-13(7-2-3-8-13)15-10-6-12-5-4-9-14-11-12/h4-5,9,11,15H,2-3,6-8,10H2,1H3. The van der Waals surface area contributed by atoms with Crippen molar-refractivity contribution in [2.75, 3.05) is 6.54 Å². The van der Waals surface area contributed by atoms with Gasteiger partial charge in [-0.2, -0.15) is 0 Å². The van der Waals surface area contributed by atoms with Gasteiger partial charge in [-0.25, -0.2) is 0 Å². The summed E-state index contributed by atoms with van der Waals surface area (Å²) in [5.74, 6) is 0. The number of nitrogens with one attached hydrogen (secondary N) is 1. The van der Waals surface area contributed by atoms with Crippen molar-refractivity contribution in [3.63, 3.8) is 0 Å². The molecular weight excluding hydrogens is 184 g/mol. The number of hydrogen-bond acceptors (Lipinski definition) is 2. The zero-order chi connectivity index (χ0) is 10.6. The smallest absolute Gasteiger partial charge is 0.0300 e. The highest BCUT2D eigenvalue weighted by Crippen LogP contribution is 2.28. The summed E-state index contributed by atoms with van der Waals surface area (Å²) in [5, 5.41) is 3.68. The predicted octanol–water partition coefficient (Wildman–Crippen LogP) is 2.55. The van der Waals surface area contributed by atoms with E-state index in [-0.39, 0.29) is 0 Å². The Labute approximate surface area is 92.1 Å². The lowest BCUT2D eigenvalue weighted by molar-refractivity contribution is 0.368. The van der Waals surface area contributed by atoms with E-state index < -0.39 is 0 Å². The number of pyridine rings is 1. The van der Waals surface area contributed by atoms with Gasteiger partial charge in [0.25, 0.3) is 0 Å². The molecule has 1 heterocycles. The highest BCUT2D eigenvalue weighted by atomic mass is 15.0.